The van der Waals surface area contributed by atoms with Gasteiger partial charge in [0.1, 0.15) is 5.01 Å². The summed E-state index contributed by atoms with van der Waals surface area (Å²) in [5.41, 5.74) is 3.38. The summed E-state index contributed by atoms with van der Waals surface area (Å²) < 4.78 is 7.38. The van der Waals surface area contributed by atoms with Gasteiger partial charge in [-0.05, 0) is 37.1 Å². The first-order chi connectivity index (χ1) is 16.6. The van der Waals surface area contributed by atoms with Gasteiger partial charge < -0.3 is 15.4 Å². The zero-order valence-corrected chi connectivity index (χ0v) is 19.8. The van der Waals surface area contributed by atoms with Crippen LogP contribution in [-0.4, -0.2) is 40.4 Å². The Balaban J connectivity index is 1.27. The molecule has 174 valence electrons. The van der Waals surface area contributed by atoms with Crippen LogP contribution in [0.2, 0.25) is 0 Å². The molecular weight excluding hydrogens is 446 g/mol. The highest BCUT2D eigenvalue weighted by Gasteiger charge is 2.37. The highest BCUT2D eigenvalue weighted by molar-refractivity contribution is 7.10. The molecule has 3 heterocycles. The topological polar surface area (TPSA) is 81.1 Å². The lowest BCUT2D eigenvalue weighted by Gasteiger charge is -2.35. The molecule has 1 aliphatic heterocycles. The van der Waals surface area contributed by atoms with Gasteiger partial charge in [-0.25, -0.2) is 4.98 Å². The molecular formula is C26H27N5O2S. The van der Waals surface area contributed by atoms with Crippen LogP contribution >= 0.6 is 11.3 Å². The van der Waals surface area contributed by atoms with Gasteiger partial charge in [-0.15, -0.1) is 11.3 Å². The van der Waals surface area contributed by atoms with Crippen LogP contribution in [0, 0.1) is 0 Å². The number of benzene rings is 2. The van der Waals surface area contributed by atoms with E-state index in [9.17, 15) is 4.79 Å². The van der Waals surface area contributed by atoms with E-state index in [0.29, 0.717) is 25.3 Å². The van der Waals surface area contributed by atoms with E-state index in [1.807, 2.05) is 61.8 Å². The van der Waals surface area contributed by atoms with Crippen molar-refractivity contribution < 1.29 is 9.53 Å². The number of hydrogen-bond acceptors (Lipinski definition) is 6. The molecule has 2 N–H and O–H groups in total. The van der Waals surface area contributed by atoms with E-state index in [-0.39, 0.29) is 11.3 Å². The summed E-state index contributed by atoms with van der Waals surface area (Å²) in [5.74, 6) is 0.676. The van der Waals surface area contributed by atoms with Gasteiger partial charge in [0.15, 0.2) is 5.82 Å². The number of aryl methyl sites for hydroxylation is 1. The molecule has 0 bridgehead atoms. The minimum Gasteiger partial charge on any atom is -0.381 e. The Morgan fingerprint density at radius 1 is 1.09 bits per heavy atom. The van der Waals surface area contributed by atoms with Gasteiger partial charge in [0.2, 0.25) is 0 Å². The fourth-order valence-electron chi connectivity index (χ4n) is 4.17. The zero-order valence-electron chi connectivity index (χ0n) is 19.0. The molecule has 1 fully saturated rings. The molecule has 0 aliphatic carbocycles. The van der Waals surface area contributed by atoms with E-state index < -0.39 is 0 Å². The molecule has 0 atom stereocenters. The zero-order chi connectivity index (χ0) is 23.4. The fraction of sp³-hybridized carbons (Fsp3) is 0.269. The molecule has 0 saturated carbocycles. The third kappa shape index (κ3) is 4.88. The Labute approximate surface area is 202 Å². The quantitative estimate of drug-likeness (QED) is 0.404. The summed E-state index contributed by atoms with van der Waals surface area (Å²) in [6.45, 7) is 1.87. The number of aromatic nitrogens is 3. The van der Waals surface area contributed by atoms with Crippen LogP contribution in [0.1, 0.15) is 28.2 Å². The molecule has 1 saturated heterocycles. The maximum Gasteiger partial charge on any atom is 0.251 e. The maximum absolute atomic E-state index is 13.0. The highest BCUT2D eigenvalue weighted by atomic mass is 32.1. The predicted molar refractivity (Wildman–Crippen MR) is 135 cm³/mol. The number of anilines is 2. The lowest BCUT2D eigenvalue weighted by molar-refractivity contribution is 0.0486. The van der Waals surface area contributed by atoms with Crippen molar-refractivity contribution in [3.8, 4) is 11.3 Å². The van der Waals surface area contributed by atoms with Crippen molar-refractivity contribution in [1.82, 2.24) is 20.1 Å². The second kappa shape index (κ2) is 9.79. The van der Waals surface area contributed by atoms with Gasteiger partial charge >= 0.3 is 0 Å². The van der Waals surface area contributed by atoms with Gasteiger partial charge in [0.25, 0.3) is 5.91 Å². The molecule has 34 heavy (non-hydrogen) atoms. The van der Waals surface area contributed by atoms with Crippen LogP contribution in [0.5, 0.6) is 0 Å². The number of nitrogens with zero attached hydrogens (tertiary/aromatic N) is 3. The smallest absolute Gasteiger partial charge is 0.251 e. The second-order valence-electron chi connectivity index (χ2n) is 8.56. The molecule has 1 amide bonds. The number of ether oxygens (including phenoxy) is 1. The highest BCUT2D eigenvalue weighted by Crippen LogP contribution is 2.38. The molecule has 4 aromatic rings. The standard InChI is InChI=1S/C26H27N5O2S/c1-31-14-11-23(30-31)28-21-9-7-20(8-10-21)24(32)27-18-26(12-15-33-16-13-26)25-29-22(17-34-25)19-5-3-2-4-6-19/h2-11,14,17H,12-13,15-16,18H2,1H3,(H,27,32)(H,28,30). The molecule has 0 unspecified atom stereocenters. The van der Waals surface area contributed by atoms with Crippen LogP contribution < -0.4 is 10.6 Å². The molecule has 1 aliphatic rings. The van der Waals surface area contributed by atoms with E-state index in [0.717, 1.165) is 40.6 Å². The van der Waals surface area contributed by atoms with E-state index in [1.54, 1.807) is 16.0 Å². The van der Waals surface area contributed by atoms with Crippen LogP contribution in [0.25, 0.3) is 11.3 Å². The van der Waals surface area contributed by atoms with E-state index in [1.165, 1.54) is 0 Å². The molecule has 2 aromatic carbocycles. The first-order valence-corrected chi connectivity index (χ1v) is 12.2. The van der Waals surface area contributed by atoms with Gasteiger partial charge in [-0.3, -0.25) is 9.48 Å². The van der Waals surface area contributed by atoms with Gasteiger partial charge in [0, 0.05) is 66.7 Å². The van der Waals surface area contributed by atoms with Crippen molar-refractivity contribution >= 4 is 28.7 Å². The minimum absolute atomic E-state index is 0.0879. The number of carbonyl (C=O) groups excluding carboxylic acids is 1. The molecule has 0 spiro atoms. The molecule has 2 aromatic heterocycles. The number of hydrogen-bond donors (Lipinski definition) is 2. The van der Waals surface area contributed by atoms with Gasteiger partial charge in [0.05, 0.1) is 5.69 Å². The van der Waals surface area contributed by atoms with Crippen molar-refractivity contribution in [1.29, 1.82) is 0 Å². The Morgan fingerprint density at radius 2 is 1.85 bits per heavy atom. The Bertz CT molecular complexity index is 1240. The van der Waals surface area contributed by atoms with Crippen molar-refractivity contribution in [2.45, 2.75) is 18.3 Å². The number of amides is 1. The van der Waals surface area contributed by atoms with Crippen LogP contribution in [0.3, 0.4) is 0 Å². The first-order valence-electron chi connectivity index (χ1n) is 11.4. The van der Waals surface area contributed by atoms with Crippen LogP contribution in [0.15, 0.2) is 72.2 Å². The summed E-state index contributed by atoms with van der Waals surface area (Å²) in [6, 6.07) is 19.5. The largest absolute Gasteiger partial charge is 0.381 e. The average molecular weight is 474 g/mol. The summed E-state index contributed by atoms with van der Waals surface area (Å²) in [6.07, 6.45) is 3.55. The molecule has 8 heteroatoms. The van der Waals surface area contributed by atoms with Gasteiger partial charge in [-0.2, -0.15) is 5.10 Å². The maximum atomic E-state index is 13.0. The summed E-state index contributed by atoms with van der Waals surface area (Å²) in [7, 11) is 1.87. The molecule has 7 nitrogen and oxygen atoms in total. The average Bonchev–Trinajstić information content (AvgIpc) is 3.54. The SMILES string of the molecule is Cn1ccc(Nc2ccc(C(=O)NCC3(c4nc(-c5ccccc5)cs4)CCOCC3)cc2)n1. The lowest BCUT2D eigenvalue weighted by Crippen LogP contribution is -2.44. The third-order valence-corrected chi connectivity index (χ3v) is 7.29. The summed E-state index contributed by atoms with van der Waals surface area (Å²) in [5, 5.41) is 13.9. The Hall–Kier alpha value is -3.49. The summed E-state index contributed by atoms with van der Waals surface area (Å²) >= 11 is 1.67. The van der Waals surface area contributed by atoms with E-state index >= 15 is 0 Å². The first kappa shape index (κ1) is 22.3. The Kier molecular flexibility index (Phi) is 6.42. The number of carbonyl (C=O) groups is 1. The van der Waals surface area contributed by atoms with Crippen LogP contribution in [-0.2, 0) is 17.2 Å². The molecule has 0 radical (unpaired) electrons. The van der Waals surface area contributed by atoms with Gasteiger partial charge in [-0.1, -0.05) is 30.3 Å². The minimum atomic E-state index is -0.216. The Morgan fingerprint density at radius 3 is 2.56 bits per heavy atom. The van der Waals surface area contributed by atoms with Crippen molar-refractivity contribution in [2.75, 3.05) is 25.1 Å². The summed E-state index contributed by atoms with van der Waals surface area (Å²) in [4.78, 5) is 17.9. The van der Waals surface area contributed by atoms with E-state index in [2.05, 4.69) is 33.2 Å². The predicted octanol–water partition coefficient (Wildman–Crippen LogP) is 4.77. The van der Waals surface area contributed by atoms with Crippen molar-refractivity contribution in [3.05, 3.63) is 82.8 Å². The monoisotopic (exact) mass is 473 g/mol. The van der Waals surface area contributed by atoms with Crippen molar-refractivity contribution in [2.24, 2.45) is 7.05 Å². The number of rotatable bonds is 7. The normalized spacial score (nSPS) is 15.1. The molecule has 5 rings (SSSR count). The van der Waals surface area contributed by atoms with Crippen molar-refractivity contribution in [3.63, 3.8) is 0 Å². The number of thiazole rings is 1. The fourth-order valence-corrected chi connectivity index (χ4v) is 5.26. The van der Waals surface area contributed by atoms with Crippen LogP contribution in [0.4, 0.5) is 11.5 Å². The van der Waals surface area contributed by atoms with E-state index in [4.69, 9.17) is 9.72 Å². The lowest BCUT2D eigenvalue weighted by atomic mass is 9.80. The second-order valence-corrected chi connectivity index (χ2v) is 9.41. The third-order valence-electron chi connectivity index (χ3n) is 6.20. The number of nitrogens with one attached hydrogen (secondary N) is 2.